The van der Waals surface area contributed by atoms with E-state index in [2.05, 4.69) is 32.2 Å². The zero-order chi connectivity index (χ0) is 13.2. The molecule has 1 unspecified atom stereocenters. The maximum absolute atomic E-state index is 5.67. The van der Waals surface area contributed by atoms with Gasteiger partial charge < -0.3 is 15.0 Å². The number of likely N-dealkylation sites (N-methyl/N-ethyl adjacent to an activating group) is 1. The highest BCUT2D eigenvalue weighted by Gasteiger charge is 2.25. The molecule has 0 spiro atoms. The summed E-state index contributed by atoms with van der Waals surface area (Å²) in [5.74, 6) is 1.32. The van der Waals surface area contributed by atoms with Crippen molar-refractivity contribution in [1.29, 1.82) is 0 Å². The number of morpholine rings is 1. The minimum absolute atomic E-state index is 0.147. The molecule has 1 aliphatic heterocycles. The SMILES string of the molecule is CCN1CCOC(c2noc(-c3cc(N)n[nH]3)n2)C1. The number of rotatable bonds is 3. The van der Waals surface area contributed by atoms with Crippen LogP contribution in [0.3, 0.4) is 0 Å². The third-order valence-electron chi connectivity index (χ3n) is 3.16. The topological polar surface area (TPSA) is 106 Å². The second kappa shape index (κ2) is 4.98. The molecule has 0 aromatic carbocycles. The van der Waals surface area contributed by atoms with Gasteiger partial charge in [-0.15, -0.1) is 0 Å². The van der Waals surface area contributed by atoms with Crippen LogP contribution in [0.4, 0.5) is 5.82 Å². The Morgan fingerprint density at radius 1 is 1.58 bits per heavy atom. The van der Waals surface area contributed by atoms with Crippen molar-refractivity contribution in [3.05, 3.63) is 11.9 Å². The van der Waals surface area contributed by atoms with Crippen LogP contribution in [-0.4, -0.2) is 51.5 Å². The number of nitrogens with zero attached hydrogens (tertiary/aromatic N) is 4. The molecule has 3 rings (SSSR count). The number of nitrogens with one attached hydrogen (secondary N) is 1. The number of nitrogen functional groups attached to an aromatic ring is 1. The molecule has 2 aromatic heterocycles. The third-order valence-corrected chi connectivity index (χ3v) is 3.16. The van der Waals surface area contributed by atoms with Crippen molar-refractivity contribution in [2.75, 3.05) is 32.0 Å². The quantitative estimate of drug-likeness (QED) is 0.828. The molecule has 8 nitrogen and oxygen atoms in total. The minimum atomic E-state index is -0.147. The first kappa shape index (κ1) is 12.1. The maximum atomic E-state index is 5.67. The van der Waals surface area contributed by atoms with E-state index in [1.807, 2.05) is 0 Å². The van der Waals surface area contributed by atoms with Gasteiger partial charge in [0.2, 0.25) is 5.82 Å². The van der Waals surface area contributed by atoms with Gasteiger partial charge in [-0.25, -0.2) is 0 Å². The zero-order valence-corrected chi connectivity index (χ0v) is 10.7. The van der Waals surface area contributed by atoms with Crippen molar-refractivity contribution in [1.82, 2.24) is 25.2 Å². The number of aromatic nitrogens is 4. The number of nitrogens with two attached hydrogens (primary N) is 1. The molecule has 1 atom stereocenters. The summed E-state index contributed by atoms with van der Waals surface area (Å²) in [5, 5.41) is 10.5. The molecule has 2 aromatic rings. The monoisotopic (exact) mass is 264 g/mol. The minimum Gasteiger partial charge on any atom is -0.382 e. The van der Waals surface area contributed by atoms with E-state index in [9.17, 15) is 0 Å². The smallest absolute Gasteiger partial charge is 0.276 e. The summed E-state index contributed by atoms with van der Waals surface area (Å²) in [6.07, 6.45) is -0.147. The molecular weight excluding hydrogens is 248 g/mol. The molecule has 3 N–H and O–H groups in total. The van der Waals surface area contributed by atoms with Gasteiger partial charge in [0, 0.05) is 19.2 Å². The van der Waals surface area contributed by atoms with Crippen LogP contribution in [0.5, 0.6) is 0 Å². The predicted octanol–water partition coefficient (Wildman–Crippen LogP) is 0.435. The van der Waals surface area contributed by atoms with Crippen molar-refractivity contribution in [2.24, 2.45) is 0 Å². The molecule has 0 aliphatic carbocycles. The average molecular weight is 264 g/mol. The lowest BCUT2D eigenvalue weighted by Gasteiger charge is -2.30. The van der Waals surface area contributed by atoms with Gasteiger partial charge in [0.05, 0.1) is 6.61 Å². The van der Waals surface area contributed by atoms with E-state index in [1.54, 1.807) is 6.07 Å². The van der Waals surface area contributed by atoms with Crippen molar-refractivity contribution < 1.29 is 9.26 Å². The molecule has 0 bridgehead atoms. The second-order valence-electron chi connectivity index (χ2n) is 4.42. The Morgan fingerprint density at radius 2 is 2.47 bits per heavy atom. The highest BCUT2D eigenvalue weighted by atomic mass is 16.5. The molecule has 1 saturated heterocycles. The number of hydrogen-bond acceptors (Lipinski definition) is 7. The molecule has 102 valence electrons. The number of hydrogen-bond donors (Lipinski definition) is 2. The number of aromatic amines is 1. The van der Waals surface area contributed by atoms with Crippen LogP contribution in [-0.2, 0) is 4.74 Å². The molecule has 8 heteroatoms. The van der Waals surface area contributed by atoms with Crippen LogP contribution in [0, 0.1) is 0 Å². The summed E-state index contributed by atoms with van der Waals surface area (Å²) in [6, 6.07) is 1.65. The van der Waals surface area contributed by atoms with E-state index < -0.39 is 0 Å². The van der Waals surface area contributed by atoms with Crippen LogP contribution in [0.1, 0.15) is 18.9 Å². The first-order valence-electron chi connectivity index (χ1n) is 6.25. The van der Waals surface area contributed by atoms with Crippen molar-refractivity contribution in [3.63, 3.8) is 0 Å². The molecular formula is C11H16N6O2. The molecule has 19 heavy (non-hydrogen) atoms. The van der Waals surface area contributed by atoms with Crippen molar-refractivity contribution in [3.8, 4) is 11.6 Å². The van der Waals surface area contributed by atoms with Gasteiger partial charge in [-0.3, -0.25) is 10.00 Å². The highest BCUT2D eigenvalue weighted by Crippen LogP contribution is 2.23. The first-order valence-corrected chi connectivity index (χ1v) is 6.25. The Hall–Kier alpha value is -1.93. The van der Waals surface area contributed by atoms with Crippen LogP contribution < -0.4 is 5.73 Å². The standard InChI is InChI=1S/C11H16N6O2/c1-2-17-3-4-18-8(6-17)10-13-11(19-16-10)7-5-9(12)15-14-7/h5,8H,2-4,6H2,1H3,(H3,12,14,15). The van der Waals surface area contributed by atoms with Crippen LogP contribution >= 0.6 is 0 Å². The number of H-pyrrole nitrogens is 1. The largest absolute Gasteiger partial charge is 0.382 e. The van der Waals surface area contributed by atoms with Crippen molar-refractivity contribution >= 4 is 5.82 Å². The summed E-state index contributed by atoms with van der Waals surface area (Å²) in [7, 11) is 0. The predicted molar refractivity (Wildman–Crippen MR) is 67.1 cm³/mol. The average Bonchev–Trinajstić information content (AvgIpc) is 3.07. The molecule has 3 heterocycles. The fourth-order valence-electron chi connectivity index (χ4n) is 2.07. The van der Waals surface area contributed by atoms with Gasteiger partial charge >= 0.3 is 0 Å². The van der Waals surface area contributed by atoms with Crippen LogP contribution in [0.15, 0.2) is 10.6 Å². The first-order chi connectivity index (χ1) is 9.26. The number of anilines is 1. The van der Waals surface area contributed by atoms with Crippen LogP contribution in [0.25, 0.3) is 11.6 Å². The fraction of sp³-hybridized carbons (Fsp3) is 0.545. The van der Waals surface area contributed by atoms with Gasteiger partial charge in [-0.2, -0.15) is 10.1 Å². The third kappa shape index (κ3) is 2.45. The lowest BCUT2D eigenvalue weighted by atomic mass is 10.2. The van der Waals surface area contributed by atoms with E-state index >= 15 is 0 Å². The summed E-state index contributed by atoms with van der Waals surface area (Å²) in [5.41, 5.74) is 6.15. The summed E-state index contributed by atoms with van der Waals surface area (Å²) < 4.78 is 10.9. The van der Waals surface area contributed by atoms with Gasteiger partial charge in [0.25, 0.3) is 5.89 Å². The normalized spacial score (nSPS) is 20.8. The summed E-state index contributed by atoms with van der Waals surface area (Å²) in [4.78, 5) is 6.62. The Kier molecular flexibility index (Phi) is 3.18. The summed E-state index contributed by atoms with van der Waals surface area (Å²) >= 11 is 0. The Bertz CT molecular complexity index is 551. The molecule has 0 amide bonds. The fourth-order valence-corrected chi connectivity index (χ4v) is 2.07. The van der Waals surface area contributed by atoms with Gasteiger partial charge in [-0.05, 0) is 6.54 Å². The highest BCUT2D eigenvalue weighted by molar-refractivity contribution is 5.51. The summed E-state index contributed by atoms with van der Waals surface area (Å²) in [6.45, 7) is 5.51. The van der Waals surface area contributed by atoms with Crippen molar-refractivity contribution in [2.45, 2.75) is 13.0 Å². The Morgan fingerprint density at radius 3 is 3.21 bits per heavy atom. The molecule has 0 saturated carbocycles. The van der Waals surface area contributed by atoms with E-state index in [1.165, 1.54) is 0 Å². The molecule has 1 fully saturated rings. The van der Waals surface area contributed by atoms with E-state index in [4.69, 9.17) is 15.0 Å². The Balaban J connectivity index is 1.77. The van der Waals surface area contributed by atoms with Crippen LogP contribution in [0.2, 0.25) is 0 Å². The lowest BCUT2D eigenvalue weighted by molar-refractivity contribution is -0.0334. The maximum Gasteiger partial charge on any atom is 0.276 e. The molecule has 1 aliphatic rings. The zero-order valence-electron chi connectivity index (χ0n) is 10.7. The van der Waals surface area contributed by atoms with E-state index in [0.29, 0.717) is 29.8 Å². The van der Waals surface area contributed by atoms with Gasteiger partial charge in [0.1, 0.15) is 17.6 Å². The van der Waals surface area contributed by atoms with E-state index in [0.717, 1.165) is 19.6 Å². The lowest BCUT2D eigenvalue weighted by Crippen LogP contribution is -2.38. The molecule has 0 radical (unpaired) electrons. The van der Waals surface area contributed by atoms with Gasteiger partial charge in [0.15, 0.2) is 0 Å². The van der Waals surface area contributed by atoms with Gasteiger partial charge in [-0.1, -0.05) is 12.1 Å². The van der Waals surface area contributed by atoms with E-state index in [-0.39, 0.29) is 6.10 Å². The Labute approximate surface area is 109 Å². The number of ether oxygens (including phenoxy) is 1. The second-order valence-corrected chi connectivity index (χ2v) is 4.42.